The maximum Gasteiger partial charge on any atom is 0.133 e. The van der Waals surface area contributed by atoms with E-state index in [2.05, 4.69) is 13.8 Å². The van der Waals surface area contributed by atoms with E-state index in [0.29, 0.717) is 17.1 Å². The molecule has 4 fully saturated rings. The summed E-state index contributed by atoms with van der Waals surface area (Å²) in [6.45, 7) is 6.74. The van der Waals surface area contributed by atoms with E-state index in [1.54, 1.807) is 0 Å². The Morgan fingerprint density at radius 3 is 2.20 bits per heavy atom. The molecule has 0 radical (unpaired) electrons. The Balaban J connectivity index is 0.000000880. The minimum absolute atomic E-state index is 0.0724. The van der Waals surface area contributed by atoms with Crippen LogP contribution in [0.2, 0.25) is 0 Å². The van der Waals surface area contributed by atoms with Crippen molar-refractivity contribution < 1.29 is 15.0 Å². The first-order valence-corrected chi connectivity index (χ1v) is 10.5. The second-order valence-corrected chi connectivity index (χ2v) is 9.88. The van der Waals surface area contributed by atoms with Crippen LogP contribution in [0.15, 0.2) is 0 Å². The van der Waals surface area contributed by atoms with E-state index in [4.69, 9.17) is 5.11 Å². The van der Waals surface area contributed by atoms with Crippen LogP contribution in [-0.2, 0) is 4.79 Å². The highest BCUT2D eigenvalue weighted by Crippen LogP contribution is 2.67. The average Bonchev–Trinajstić information content (AvgIpc) is 2.93. The molecule has 4 saturated carbocycles. The summed E-state index contributed by atoms with van der Waals surface area (Å²) in [7, 11) is 1.00. The number of aliphatic hydroxyl groups is 2. The first-order valence-electron chi connectivity index (χ1n) is 10.5. The quantitative estimate of drug-likeness (QED) is 0.745. The predicted molar refractivity (Wildman–Crippen MR) is 100 cm³/mol. The van der Waals surface area contributed by atoms with Gasteiger partial charge in [0.25, 0.3) is 0 Å². The van der Waals surface area contributed by atoms with Gasteiger partial charge < -0.3 is 10.2 Å². The fourth-order valence-electron chi connectivity index (χ4n) is 8.00. The summed E-state index contributed by atoms with van der Waals surface area (Å²) in [5.74, 6) is 3.94. The minimum atomic E-state index is -0.0724. The molecule has 0 amide bonds. The molecule has 25 heavy (non-hydrogen) atoms. The largest absolute Gasteiger partial charge is 0.400 e. The molecule has 8 unspecified atom stereocenters. The highest BCUT2D eigenvalue weighted by Gasteiger charge is 2.60. The Bertz CT molecular complexity index is 504. The molecule has 0 saturated heterocycles. The van der Waals surface area contributed by atoms with Gasteiger partial charge in [0.1, 0.15) is 5.78 Å². The molecule has 0 aromatic carbocycles. The fourth-order valence-corrected chi connectivity index (χ4v) is 8.00. The van der Waals surface area contributed by atoms with Crippen molar-refractivity contribution in [2.45, 2.75) is 84.7 Å². The van der Waals surface area contributed by atoms with Gasteiger partial charge in [-0.05, 0) is 99.2 Å². The highest BCUT2D eigenvalue weighted by atomic mass is 16.3. The zero-order chi connectivity index (χ0) is 18.4. The van der Waals surface area contributed by atoms with E-state index < -0.39 is 0 Å². The summed E-state index contributed by atoms with van der Waals surface area (Å²) < 4.78 is 0. The molecule has 0 aliphatic heterocycles. The smallest absolute Gasteiger partial charge is 0.133 e. The molecule has 3 nitrogen and oxygen atoms in total. The summed E-state index contributed by atoms with van der Waals surface area (Å²) in [5.41, 5.74) is 0.625. The molecule has 0 bridgehead atoms. The van der Waals surface area contributed by atoms with Crippen molar-refractivity contribution in [3.63, 3.8) is 0 Å². The van der Waals surface area contributed by atoms with E-state index in [9.17, 15) is 9.90 Å². The average molecular weight is 351 g/mol. The molecule has 144 valence electrons. The Hall–Kier alpha value is -0.410. The van der Waals surface area contributed by atoms with Gasteiger partial charge in [0.05, 0.1) is 6.10 Å². The number of rotatable bonds is 1. The monoisotopic (exact) mass is 350 g/mol. The van der Waals surface area contributed by atoms with Crippen LogP contribution in [0.1, 0.15) is 78.6 Å². The third kappa shape index (κ3) is 2.90. The summed E-state index contributed by atoms with van der Waals surface area (Å²) in [6.07, 6.45) is 10.9. The molecule has 4 aliphatic rings. The number of aliphatic hydroxyl groups excluding tert-OH is 2. The number of ketones is 1. The van der Waals surface area contributed by atoms with Gasteiger partial charge >= 0.3 is 0 Å². The van der Waals surface area contributed by atoms with Gasteiger partial charge in [-0.3, -0.25) is 4.79 Å². The molecule has 0 spiro atoms. The molecular weight excluding hydrogens is 312 g/mol. The number of hydrogen-bond donors (Lipinski definition) is 2. The molecule has 3 heteroatoms. The van der Waals surface area contributed by atoms with E-state index in [-0.39, 0.29) is 11.5 Å². The van der Waals surface area contributed by atoms with Crippen LogP contribution in [0.4, 0.5) is 0 Å². The molecule has 0 heterocycles. The van der Waals surface area contributed by atoms with Gasteiger partial charge in [-0.1, -0.05) is 13.8 Å². The lowest BCUT2D eigenvalue weighted by molar-refractivity contribution is -0.139. The molecule has 0 aromatic heterocycles. The molecular formula is C22H38O3. The number of hydrogen-bond acceptors (Lipinski definition) is 3. The predicted octanol–water partition coefficient (Wildman–Crippen LogP) is 4.20. The minimum Gasteiger partial charge on any atom is -0.400 e. The first-order chi connectivity index (χ1) is 11.9. The van der Waals surface area contributed by atoms with Crippen LogP contribution < -0.4 is 0 Å². The Kier molecular flexibility index (Phi) is 5.39. The van der Waals surface area contributed by atoms with Gasteiger partial charge in [0, 0.05) is 13.0 Å². The summed E-state index contributed by atoms with van der Waals surface area (Å²) in [6, 6.07) is 0. The summed E-state index contributed by atoms with van der Waals surface area (Å²) in [4.78, 5) is 12.2. The van der Waals surface area contributed by atoms with Crippen molar-refractivity contribution in [1.29, 1.82) is 0 Å². The van der Waals surface area contributed by atoms with Crippen molar-refractivity contribution in [3.05, 3.63) is 0 Å². The standard InChI is InChI=1S/C21H34O2.CH4O/c1-13(22)17-8-9-18-16-7-5-14-4-6-15(23)12-21(14,3)19(16)10-11-20(17,18)2;1-2/h14-19,23H,4-12H2,1-3H3;2H,1H3. The third-order valence-electron chi connectivity index (χ3n) is 9.08. The maximum absolute atomic E-state index is 12.2. The second kappa shape index (κ2) is 6.96. The van der Waals surface area contributed by atoms with E-state index >= 15 is 0 Å². The van der Waals surface area contributed by atoms with Crippen LogP contribution >= 0.6 is 0 Å². The second-order valence-electron chi connectivity index (χ2n) is 9.88. The fraction of sp³-hybridized carbons (Fsp3) is 0.955. The Morgan fingerprint density at radius 2 is 1.52 bits per heavy atom. The van der Waals surface area contributed by atoms with E-state index in [1.807, 2.05) is 6.92 Å². The molecule has 8 atom stereocenters. The van der Waals surface area contributed by atoms with Crippen LogP contribution in [0.25, 0.3) is 0 Å². The van der Waals surface area contributed by atoms with E-state index in [0.717, 1.165) is 50.0 Å². The lowest BCUT2D eigenvalue weighted by Gasteiger charge is -2.61. The SMILES string of the molecule is CC(=O)C1CCC2C3CCC4CCC(O)CC4(C)C3CCC12C.CO. The van der Waals surface area contributed by atoms with Crippen molar-refractivity contribution in [1.82, 2.24) is 0 Å². The normalized spacial score (nSPS) is 51.4. The van der Waals surface area contributed by atoms with Gasteiger partial charge in [0.15, 0.2) is 0 Å². The third-order valence-corrected chi connectivity index (χ3v) is 9.08. The zero-order valence-electron chi connectivity index (χ0n) is 16.6. The van der Waals surface area contributed by atoms with Crippen molar-refractivity contribution in [3.8, 4) is 0 Å². The van der Waals surface area contributed by atoms with Gasteiger partial charge in [-0.25, -0.2) is 0 Å². The number of carbonyl (C=O) groups excluding carboxylic acids is 1. The van der Waals surface area contributed by atoms with Gasteiger partial charge in [-0.15, -0.1) is 0 Å². The van der Waals surface area contributed by atoms with Crippen LogP contribution in [-0.4, -0.2) is 29.2 Å². The number of carbonyl (C=O) groups is 1. The Labute approximate surface area is 153 Å². The summed E-state index contributed by atoms with van der Waals surface area (Å²) >= 11 is 0. The van der Waals surface area contributed by atoms with Crippen molar-refractivity contribution in [2.24, 2.45) is 40.4 Å². The molecule has 2 N–H and O–H groups in total. The molecule has 4 aliphatic carbocycles. The van der Waals surface area contributed by atoms with Crippen LogP contribution in [0, 0.1) is 40.4 Å². The molecule has 4 rings (SSSR count). The molecule has 0 aromatic rings. The highest BCUT2D eigenvalue weighted by molar-refractivity contribution is 5.79. The van der Waals surface area contributed by atoms with Crippen molar-refractivity contribution >= 4 is 5.78 Å². The first kappa shape index (κ1) is 19.4. The van der Waals surface area contributed by atoms with Gasteiger partial charge in [-0.2, -0.15) is 0 Å². The topological polar surface area (TPSA) is 57.5 Å². The summed E-state index contributed by atoms with van der Waals surface area (Å²) in [5, 5.41) is 17.3. The number of Topliss-reactive ketones (excluding diaryl/α,β-unsaturated/α-hetero) is 1. The lowest BCUT2D eigenvalue weighted by Crippen LogP contribution is -2.54. The Morgan fingerprint density at radius 1 is 0.880 bits per heavy atom. The van der Waals surface area contributed by atoms with Crippen LogP contribution in [0.5, 0.6) is 0 Å². The lowest BCUT2D eigenvalue weighted by atomic mass is 9.44. The van der Waals surface area contributed by atoms with Gasteiger partial charge in [0.2, 0.25) is 0 Å². The number of fused-ring (bicyclic) bond motifs is 5. The van der Waals surface area contributed by atoms with Crippen LogP contribution in [0.3, 0.4) is 0 Å². The zero-order valence-corrected chi connectivity index (χ0v) is 16.6. The maximum atomic E-state index is 12.2. The van der Waals surface area contributed by atoms with E-state index in [1.165, 1.54) is 38.5 Å². The van der Waals surface area contributed by atoms with Crippen molar-refractivity contribution in [2.75, 3.05) is 7.11 Å².